The number of piperidine rings is 1. The zero-order valence-electron chi connectivity index (χ0n) is 13.8. The van der Waals surface area contributed by atoms with E-state index in [1.165, 1.54) is 5.56 Å². The average Bonchev–Trinajstić information content (AvgIpc) is 2.45. The predicted octanol–water partition coefficient (Wildman–Crippen LogP) is 3.35. The van der Waals surface area contributed by atoms with Crippen LogP contribution in [0.3, 0.4) is 0 Å². The second-order valence-corrected chi connectivity index (χ2v) is 7.55. The van der Waals surface area contributed by atoms with E-state index in [1.54, 1.807) is 0 Å². The third kappa shape index (κ3) is 2.98. The van der Waals surface area contributed by atoms with Gasteiger partial charge in [-0.15, -0.1) is 0 Å². The minimum absolute atomic E-state index is 0.175. The van der Waals surface area contributed by atoms with E-state index in [9.17, 15) is 4.79 Å². The SMILES string of the molecule is CC(C)(C)OC(=O)N1CCC2(CC1)CN[C@@H]2c1ccccc1. The highest BCUT2D eigenvalue weighted by molar-refractivity contribution is 5.68. The second kappa shape index (κ2) is 5.58. The maximum atomic E-state index is 12.2. The summed E-state index contributed by atoms with van der Waals surface area (Å²) in [5.41, 5.74) is 1.25. The topological polar surface area (TPSA) is 41.6 Å². The lowest BCUT2D eigenvalue weighted by atomic mass is 9.65. The van der Waals surface area contributed by atoms with Crippen LogP contribution in [0, 0.1) is 5.41 Å². The molecule has 2 fully saturated rings. The molecule has 3 rings (SSSR count). The van der Waals surface area contributed by atoms with Crippen molar-refractivity contribution >= 4 is 6.09 Å². The molecule has 2 aliphatic rings. The van der Waals surface area contributed by atoms with Gasteiger partial charge in [-0.05, 0) is 39.2 Å². The lowest BCUT2D eigenvalue weighted by molar-refractivity contribution is -0.0181. The van der Waals surface area contributed by atoms with Crippen molar-refractivity contribution in [3.63, 3.8) is 0 Å². The quantitative estimate of drug-likeness (QED) is 0.865. The van der Waals surface area contributed by atoms with Crippen LogP contribution in [0.25, 0.3) is 0 Å². The molecule has 22 heavy (non-hydrogen) atoms. The molecular formula is C18H26N2O2. The van der Waals surface area contributed by atoms with E-state index in [0.717, 1.165) is 32.5 Å². The average molecular weight is 302 g/mol. The van der Waals surface area contributed by atoms with Gasteiger partial charge >= 0.3 is 6.09 Å². The van der Waals surface area contributed by atoms with Crippen molar-refractivity contribution in [1.82, 2.24) is 10.2 Å². The van der Waals surface area contributed by atoms with Crippen LogP contribution in [0.5, 0.6) is 0 Å². The van der Waals surface area contributed by atoms with Gasteiger partial charge in [0.2, 0.25) is 0 Å². The molecule has 2 heterocycles. The van der Waals surface area contributed by atoms with Crippen LogP contribution in [0.15, 0.2) is 30.3 Å². The fraction of sp³-hybridized carbons (Fsp3) is 0.611. The fourth-order valence-corrected chi connectivity index (χ4v) is 3.54. The molecule has 0 radical (unpaired) electrons. The summed E-state index contributed by atoms with van der Waals surface area (Å²) in [7, 11) is 0. The summed E-state index contributed by atoms with van der Waals surface area (Å²) in [5, 5.41) is 3.57. The number of nitrogens with one attached hydrogen (secondary N) is 1. The van der Waals surface area contributed by atoms with E-state index in [-0.39, 0.29) is 6.09 Å². The predicted molar refractivity (Wildman–Crippen MR) is 86.7 cm³/mol. The molecular weight excluding hydrogens is 276 g/mol. The molecule has 1 spiro atoms. The first-order valence-corrected chi connectivity index (χ1v) is 8.16. The first-order valence-electron chi connectivity index (χ1n) is 8.16. The summed E-state index contributed by atoms with van der Waals surface area (Å²) in [6, 6.07) is 11.1. The Balaban J connectivity index is 1.61. The van der Waals surface area contributed by atoms with Gasteiger partial charge in [-0.1, -0.05) is 30.3 Å². The van der Waals surface area contributed by atoms with Gasteiger partial charge in [-0.3, -0.25) is 0 Å². The highest BCUT2D eigenvalue weighted by atomic mass is 16.6. The maximum Gasteiger partial charge on any atom is 0.410 e. The Kier molecular flexibility index (Phi) is 3.89. The normalized spacial score (nSPS) is 24.0. The van der Waals surface area contributed by atoms with Gasteiger partial charge in [0.05, 0.1) is 0 Å². The third-order valence-corrected chi connectivity index (χ3v) is 4.81. The molecule has 2 aliphatic heterocycles. The van der Waals surface area contributed by atoms with Crippen LogP contribution in [0.2, 0.25) is 0 Å². The summed E-state index contributed by atoms with van der Waals surface area (Å²) in [6.45, 7) is 8.38. The number of carbonyl (C=O) groups excluding carboxylic acids is 1. The molecule has 1 amide bonds. The Hall–Kier alpha value is -1.55. The number of benzene rings is 1. The molecule has 1 atom stereocenters. The fourth-order valence-electron chi connectivity index (χ4n) is 3.54. The first-order chi connectivity index (χ1) is 10.4. The molecule has 4 nitrogen and oxygen atoms in total. The summed E-state index contributed by atoms with van der Waals surface area (Å²) < 4.78 is 5.48. The first kappa shape index (κ1) is 15.3. The van der Waals surface area contributed by atoms with Gasteiger partial charge < -0.3 is 15.0 Å². The van der Waals surface area contributed by atoms with E-state index in [1.807, 2.05) is 25.7 Å². The molecule has 0 aromatic heterocycles. The number of amides is 1. The van der Waals surface area contributed by atoms with Crippen molar-refractivity contribution < 1.29 is 9.53 Å². The number of carbonyl (C=O) groups is 1. The van der Waals surface area contributed by atoms with Crippen LogP contribution in [-0.4, -0.2) is 36.2 Å². The molecule has 0 unspecified atom stereocenters. The monoisotopic (exact) mass is 302 g/mol. The van der Waals surface area contributed by atoms with Gasteiger partial charge in [0, 0.05) is 31.1 Å². The number of nitrogens with zero attached hydrogens (tertiary/aromatic N) is 1. The highest BCUT2D eigenvalue weighted by Gasteiger charge is 2.49. The number of rotatable bonds is 1. The summed E-state index contributed by atoms with van der Waals surface area (Å²) >= 11 is 0. The summed E-state index contributed by atoms with van der Waals surface area (Å²) in [4.78, 5) is 14.0. The zero-order chi connectivity index (χ0) is 15.8. The molecule has 0 saturated carbocycles. The van der Waals surface area contributed by atoms with Gasteiger partial charge in [-0.2, -0.15) is 0 Å². The Morgan fingerprint density at radius 3 is 2.36 bits per heavy atom. The molecule has 1 aromatic carbocycles. The molecule has 2 saturated heterocycles. The molecule has 1 N–H and O–H groups in total. The summed E-state index contributed by atoms with van der Waals surface area (Å²) in [5.74, 6) is 0. The Morgan fingerprint density at radius 1 is 1.23 bits per heavy atom. The third-order valence-electron chi connectivity index (χ3n) is 4.81. The Morgan fingerprint density at radius 2 is 1.86 bits per heavy atom. The lowest BCUT2D eigenvalue weighted by Gasteiger charge is -2.54. The second-order valence-electron chi connectivity index (χ2n) is 7.55. The molecule has 1 aromatic rings. The Labute approximate surface area is 132 Å². The number of hydrogen-bond acceptors (Lipinski definition) is 3. The minimum Gasteiger partial charge on any atom is -0.444 e. The zero-order valence-corrected chi connectivity index (χ0v) is 13.8. The highest BCUT2D eigenvalue weighted by Crippen LogP contribution is 2.48. The van der Waals surface area contributed by atoms with E-state index in [4.69, 9.17) is 4.74 Å². The summed E-state index contributed by atoms with van der Waals surface area (Å²) in [6.07, 6.45) is 1.91. The van der Waals surface area contributed by atoms with Crippen LogP contribution in [-0.2, 0) is 4.74 Å². The standard InChI is InChI=1S/C18H26N2O2/c1-17(2,3)22-16(21)20-11-9-18(10-12-20)13-19-15(18)14-7-5-4-6-8-14/h4-8,15,19H,9-13H2,1-3H3/t15-/m1/s1. The van der Waals surface area contributed by atoms with Crippen molar-refractivity contribution in [2.45, 2.75) is 45.3 Å². The lowest BCUT2D eigenvalue weighted by Crippen LogP contribution is -2.60. The maximum absolute atomic E-state index is 12.2. The molecule has 4 heteroatoms. The van der Waals surface area contributed by atoms with Gasteiger partial charge in [0.25, 0.3) is 0 Å². The van der Waals surface area contributed by atoms with E-state index >= 15 is 0 Å². The van der Waals surface area contributed by atoms with Crippen LogP contribution in [0.1, 0.15) is 45.2 Å². The largest absolute Gasteiger partial charge is 0.444 e. The Bertz CT molecular complexity index is 528. The van der Waals surface area contributed by atoms with Gasteiger partial charge in [0.15, 0.2) is 0 Å². The van der Waals surface area contributed by atoms with Crippen molar-refractivity contribution in [2.24, 2.45) is 5.41 Å². The van der Waals surface area contributed by atoms with Crippen molar-refractivity contribution in [2.75, 3.05) is 19.6 Å². The number of ether oxygens (including phenoxy) is 1. The smallest absolute Gasteiger partial charge is 0.410 e. The molecule has 0 bridgehead atoms. The van der Waals surface area contributed by atoms with Crippen LogP contribution >= 0.6 is 0 Å². The van der Waals surface area contributed by atoms with Gasteiger partial charge in [-0.25, -0.2) is 4.79 Å². The molecule has 0 aliphatic carbocycles. The van der Waals surface area contributed by atoms with Crippen LogP contribution in [0.4, 0.5) is 4.79 Å². The van der Waals surface area contributed by atoms with Crippen molar-refractivity contribution in [3.05, 3.63) is 35.9 Å². The van der Waals surface area contributed by atoms with E-state index in [0.29, 0.717) is 11.5 Å². The van der Waals surface area contributed by atoms with Crippen molar-refractivity contribution in [3.8, 4) is 0 Å². The van der Waals surface area contributed by atoms with Gasteiger partial charge in [0.1, 0.15) is 5.60 Å². The number of hydrogen-bond donors (Lipinski definition) is 1. The number of likely N-dealkylation sites (tertiary alicyclic amines) is 1. The molecule has 120 valence electrons. The van der Waals surface area contributed by atoms with Crippen LogP contribution < -0.4 is 5.32 Å². The van der Waals surface area contributed by atoms with E-state index in [2.05, 4.69) is 35.6 Å². The van der Waals surface area contributed by atoms with Crippen molar-refractivity contribution in [1.29, 1.82) is 0 Å². The van der Waals surface area contributed by atoms with E-state index < -0.39 is 5.60 Å². The minimum atomic E-state index is -0.420.